The molecule has 0 aromatic carbocycles. The number of hydrogen-bond donors (Lipinski definition) is 1. The van der Waals surface area contributed by atoms with Crippen molar-refractivity contribution in [2.45, 2.75) is 18.9 Å². The highest BCUT2D eigenvalue weighted by atomic mass is 16.1. The van der Waals surface area contributed by atoms with Crippen LogP contribution in [0.15, 0.2) is 42.6 Å². The number of hydrogen-bond acceptors (Lipinski definition) is 3. The number of pyridine rings is 1. The van der Waals surface area contributed by atoms with E-state index in [-0.39, 0.29) is 6.04 Å². The van der Waals surface area contributed by atoms with Crippen LogP contribution in [0.3, 0.4) is 0 Å². The van der Waals surface area contributed by atoms with Crippen LogP contribution in [0.25, 0.3) is 0 Å². The number of aromatic nitrogens is 1. The summed E-state index contributed by atoms with van der Waals surface area (Å²) in [6.07, 6.45) is 12.2. The quantitative estimate of drug-likeness (QED) is 0.780. The summed E-state index contributed by atoms with van der Waals surface area (Å²) in [5, 5.41) is 3.33. The fourth-order valence-electron chi connectivity index (χ4n) is 1.69. The molecule has 0 fully saturated rings. The van der Waals surface area contributed by atoms with Crippen molar-refractivity contribution in [3.05, 3.63) is 48.2 Å². The summed E-state index contributed by atoms with van der Waals surface area (Å²) in [7, 11) is 0. The van der Waals surface area contributed by atoms with E-state index in [9.17, 15) is 4.79 Å². The third-order valence-corrected chi connectivity index (χ3v) is 2.50. The van der Waals surface area contributed by atoms with E-state index in [4.69, 9.17) is 0 Å². The van der Waals surface area contributed by atoms with Gasteiger partial charge in [-0.25, -0.2) is 4.98 Å². The van der Waals surface area contributed by atoms with E-state index in [1.54, 1.807) is 6.20 Å². The van der Waals surface area contributed by atoms with Gasteiger partial charge in [-0.1, -0.05) is 30.4 Å². The lowest BCUT2D eigenvalue weighted by molar-refractivity contribution is -0.107. The highest BCUT2D eigenvalue weighted by molar-refractivity contribution is 5.60. The monoisotopic (exact) mass is 214 g/mol. The minimum absolute atomic E-state index is 0.269. The molecule has 2 rings (SSSR count). The normalized spacial score (nSPS) is 18.4. The summed E-state index contributed by atoms with van der Waals surface area (Å²) >= 11 is 0. The number of rotatable bonds is 4. The van der Waals surface area contributed by atoms with E-state index in [2.05, 4.69) is 22.5 Å². The number of nitrogens with one attached hydrogen (secondary N) is 1. The van der Waals surface area contributed by atoms with Crippen molar-refractivity contribution in [3.8, 4) is 0 Å². The zero-order valence-electron chi connectivity index (χ0n) is 8.97. The summed E-state index contributed by atoms with van der Waals surface area (Å²) in [6.45, 7) is 0. The lowest BCUT2D eigenvalue weighted by Crippen LogP contribution is -2.19. The van der Waals surface area contributed by atoms with Gasteiger partial charge in [-0.3, -0.25) is 0 Å². The number of anilines is 1. The first-order valence-corrected chi connectivity index (χ1v) is 5.37. The molecule has 1 aromatic rings. The number of nitrogens with zero attached hydrogens (tertiary/aromatic N) is 1. The van der Waals surface area contributed by atoms with Crippen molar-refractivity contribution < 1.29 is 4.79 Å². The van der Waals surface area contributed by atoms with Crippen molar-refractivity contribution in [3.63, 3.8) is 0 Å². The molecule has 0 aliphatic heterocycles. The van der Waals surface area contributed by atoms with Crippen LogP contribution >= 0.6 is 0 Å². The predicted molar refractivity (Wildman–Crippen MR) is 64.3 cm³/mol. The Kier molecular flexibility index (Phi) is 3.49. The van der Waals surface area contributed by atoms with Gasteiger partial charge in [0.1, 0.15) is 12.1 Å². The fourth-order valence-corrected chi connectivity index (χ4v) is 1.69. The first-order valence-electron chi connectivity index (χ1n) is 5.37. The van der Waals surface area contributed by atoms with Crippen LogP contribution in [0.2, 0.25) is 0 Å². The van der Waals surface area contributed by atoms with Crippen LogP contribution in [0.4, 0.5) is 5.82 Å². The Morgan fingerprint density at radius 1 is 1.50 bits per heavy atom. The fraction of sp³-hybridized carbons (Fsp3) is 0.231. The molecule has 16 heavy (non-hydrogen) atoms. The molecule has 0 spiro atoms. The van der Waals surface area contributed by atoms with Gasteiger partial charge in [-0.2, -0.15) is 0 Å². The molecule has 1 aromatic heterocycles. The second kappa shape index (κ2) is 5.26. The van der Waals surface area contributed by atoms with Gasteiger partial charge in [-0.15, -0.1) is 0 Å². The zero-order chi connectivity index (χ0) is 11.2. The predicted octanol–water partition coefficient (Wildman–Crippen LogP) is 2.12. The van der Waals surface area contributed by atoms with Gasteiger partial charge in [-0.05, 0) is 12.5 Å². The Balaban J connectivity index is 2.10. The maximum atomic E-state index is 10.5. The molecule has 0 saturated carbocycles. The molecular formula is C13H14N2O. The average molecular weight is 214 g/mol. The second-order valence-corrected chi connectivity index (χ2v) is 3.68. The number of carbonyl (C=O) groups excluding carboxylic acids is 1. The highest BCUT2D eigenvalue weighted by Gasteiger charge is 2.08. The summed E-state index contributed by atoms with van der Waals surface area (Å²) in [5.41, 5.74) is 0.945. The first kappa shape index (κ1) is 10.6. The largest absolute Gasteiger partial charge is 0.363 e. The minimum Gasteiger partial charge on any atom is -0.363 e. The van der Waals surface area contributed by atoms with E-state index in [0.29, 0.717) is 6.42 Å². The van der Waals surface area contributed by atoms with Crippen molar-refractivity contribution in [1.29, 1.82) is 0 Å². The van der Waals surface area contributed by atoms with Crippen molar-refractivity contribution >= 4 is 12.1 Å². The molecule has 0 saturated heterocycles. The Bertz CT molecular complexity index is 424. The van der Waals surface area contributed by atoms with Crippen molar-refractivity contribution in [1.82, 2.24) is 4.98 Å². The second-order valence-electron chi connectivity index (χ2n) is 3.68. The molecule has 1 N–H and O–H groups in total. The average Bonchev–Trinajstić information content (AvgIpc) is 2.33. The Morgan fingerprint density at radius 2 is 2.44 bits per heavy atom. The van der Waals surface area contributed by atoms with Crippen LogP contribution in [-0.2, 0) is 11.2 Å². The molecule has 0 bridgehead atoms. The Labute approximate surface area is 94.9 Å². The molecule has 1 atom stereocenters. The minimum atomic E-state index is 0.269. The smallest absolute Gasteiger partial charge is 0.130 e. The molecular weight excluding hydrogens is 200 g/mol. The topological polar surface area (TPSA) is 42.0 Å². The van der Waals surface area contributed by atoms with Gasteiger partial charge in [0.05, 0.1) is 0 Å². The zero-order valence-corrected chi connectivity index (χ0v) is 8.97. The van der Waals surface area contributed by atoms with Gasteiger partial charge < -0.3 is 10.1 Å². The SMILES string of the molecule is O=CCc1cccnc1NC1C=CC=CC1. The van der Waals surface area contributed by atoms with E-state index in [1.807, 2.05) is 24.3 Å². The maximum Gasteiger partial charge on any atom is 0.130 e. The van der Waals surface area contributed by atoms with E-state index in [0.717, 1.165) is 24.1 Å². The van der Waals surface area contributed by atoms with Crippen LogP contribution < -0.4 is 5.32 Å². The summed E-state index contributed by atoms with van der Waals surface area (Å²) in [5.74, 6) is 0.805. The Hall–Kier alpha value is -1.90. The summed E-state index contributed by atoms with van der Waals surface area (Å²) in [6, 6.07) is 4.04. The molecule has 3 heteroatoms. The van der Waals surface area contributed by atoms with E-state index < -0.39 is 0 Å². The lowest BCUT2D eigenvalue weighted by atomic mass is 10.1. The number of carbonyl (C=O) groups is 1. The van der Waals surface area contributed by atoms with Crippen molar-refractivity contribution in [2.24, 2.45) is 0 Å². The third kappa shape index (κ3) is 2.57. The summed E-state index contributed by atoms with van der Waals surface area (Å²) < 4.78 is 0. The molecule has 1 aliphatic rings. The number of aldehydes is 1. The Morgan fingerprint density at radius 3 is 3.19 bits per heavy atom. The highest BCUT2D eigenvalue weighted by Crippen LogP contribution is 2.15. The molecule has 3 nitrogen and oxygen atoms in total. The standard InChI is InChI=1S/C13H14N2O/c16-10-8-11-5-4-9-14-13(11)15-12-6-2-1-3-7-12/h1-6,9-10,12H,7-8H2,(H,14,15). The van der Waals surface area contributed by atoms with Crippen LogP contribution in [0.1, 0.15) is 12.0 Å². The molecule has 1 unspecified atom stereocenters. The lowest BCUT2D eigenvalue weighted by Gasteiger charge is -2.17. The molecule has 0 amide bonds. The third-order valence-electron chi connectivity index (χ3n) is 2.50. The molecule has 1 aliphatic carbocycles. The number of allylic oxidation sites excluding steroid dienone is 2. The van der Waals surface area contributed by atoms with E-state index >= 15 is 0 Å². The molecule has 82 valence electrons. The van der Waals surface area contributed by atoms with Gasteiger partial charge in [0.25, 0.3) is 0 Å². The van der Waals surface area contributed by atoms with Crippen molar-refractivity contribution in [2.75, 3.05) is 5.32 Å². The van der Waals surface area contributed by atoms with Gasteiger partial charge in [0.2, 0.25) is 0 Å². The van der Waals surface area contributed by atoms with Gasteiger partial charge >= 0.3 is 0 Å². The van der Waals surface area contributed by atoms with Crippen LogP contribution in [0.5, 0.6) is 0 Å². The molecule has 0 radical (unpaired) electrons. The van der Waals surface area contributed by atoms with Gasteiger partial charge in [0, 0.05) is 24.2 Å². The first-order chi connectivity index (χ1) is 7.90. The van der Waals surface area contributed by atoms with Gasteiger partial charge in [0.15, 0.2) is 0 Å². The maximum absolute atomic E-state index is 10.5. The summed E-state index contributed by atoms with van der Waals surface area (Å²) in [4.78, 5) is 14.8. The van der Waals surface area contributed by atoms with Crippen LogP contribution in [-0.4, -0.2) is 17.3 Å². The van der Waals surface area contributed by atoms with E-state index in [1.165, 1.54) is 0 Å². The van der Waals surface area contributed by atoms with Crippen LogP contribution in [0, 0.1) is 0 Å². The molecule has 1 heterocycles.